The number of nitrogens with zero attached hydrogens (tertiary/aromatic N) is 1. The number of alkyl halides is 3. The minimum absolute atomic E-state index is 0.0938. The van der Waals surface area contributed by atoms with Gasteiger partial charge < -0.3 is 9.74 Å². The molecule has 100 valence electrons. The Morgan fingerprint density at radius 3 is 2.72 bits per heavy atom. The monoisotopic (exact) mass is 260 g/mol. The van der Waals surface area contributed by atoms with Crippen molar-refractivity contribution in [3.05, 3.63) is 29.3 Å². The summed E-state index contributed by atoms with van der Waals surface area (Å²) in [6.07, 6.45) is -4.35. The first-order valence-corrected chi connectivity index (χ1v) is 5.75. The van der Waals surface area contributed by atoms with Crippen molar-refractivity contribution < 1.29 is 18.0 Å². The Balaban J connectivity index is 2.51. The lowest BCUT2D eigenvalue weighted by molar-refractivity contribution is -0.138. The second kappa shape index (κ2) is 4.78. The highest BCUT2D eigenvalue weighted by atomic mass is 19.4. The average Bonchev–Trinajstić information content (AvgIpc) is 2.67. The number of nitrogens with two attached hydrogens (primary N) is 1. The molecule has 2 N–H and O–H groups in total. The van der Waals surface area contributed by atoms with Crippen LogP contribution in [0, 0.1) is 0 Å². The van der Waals surface area contributed by atoms with Crippen LogP contribution in [0.2, 0.25) is 0 Å². The number of hydrogen-bond acceptors (Lipinski definition) is 3. The smallest absolute Gasteiger partial charge is 0.371 e. The zero-order valence-corrected chi connectivity index (χ0v) is 10.00. The van der Waals surface area contributed by atoms with Crippen molar-refractivity contribution in [2.45, 2.75) is 19.0 Å². The third-order valence-electron chi connectivity index (χ3n) is 3.26. The van der Waals surface area contributed by atoms with E-state index in [1.54, 1.807) is 6.07 Å². The largest absolute Gasteiger partial charge is 0.416 e. The lowest BCUT2D eigenvalue weighted by Crippen LogP contribution is -2.23. The maximum Gasteiger partial charge on any atom is 0.416 e. The summed E-state index contributed by atoms with van der Waals surface area (Å²) in [6, 6.07) is 4.27. The molecular weight excluding hydrogens is 245 g/mol. The summed E-state index contributed by atoms with van der Waals surface area (Å²) in [7, 11) is 0. The van der Waals surface area contributed by atoms with Crippen LogP contribution in [0.5, 0.6) is 0 Å². The minimum atomic E-state index is -4.35. The van der Waals surface area contributed by atoms with Crippen LogP contribution in [0.4, 0.5) is 18.9 Å². The van der Waals surface area contributed by atoms with Gasteiger partial charge in [-0.2, -0.15) is 13.2 Å². The van der Waals surface area contributed by atoms with Crippen molar-refractivity contribution in [2.75, 3.05) is 24.6 Å². The fraction of sp³-hybridized carbons (Fsp3) is 0.500. The van der Waals surface area contributed by atoms with Crippen LogP contribution in [-0.4, -0.2) is 19.7 Å². The fourth-order valence-corrected chi connectivity index (χ4v) is 2.51. The second-order valence-corrected chi connectivity index (χ2v) is 4.31. The quantitative estimate of drug-likeness (QED) is 0.849. The van der Waals surface area contributed by atoms with Gasteiger partial charge in [-0.15, -0.1) is 0 Å². The number of hydrogen-bond donors (Lipinski definition) is 1. The van der Waals surface area contributed by atoms with E-state index in [2.05, 4.69) is 4.84 Å². The van der Waals surface area contributed by atoms with Crippen LogP contribution >= 0.6 is 0 Å². The zero-order chi connectivity index (χ0) is 13.3. The molecule has 0 bridgehead atoms. The summed E-state index contributed by atoms with van der Waals surface area (Å²) in [5.41, 5.74) is 0.352. The topological polar surface area (TPSA) is 38.5 Å². The van der Waals surface area contributed by atoms with Crippen molar-refractivity contribution in [1.29, 1.82) is 0 Å². The Labute approximate surface area is 103 Å². The van der Waals surface area contributed by atoms with Crippen LogP contribution in [0.1, 0.15) is 24.0 Å². The molecule has 0 spiro atoms. The van der Waals surface area contributed by atoms with Crippen molar-refractivity contribution in [1.82, 2.24) is 0 Å². The van der Waals surface area contributed by atoms with E-state index < -0.39 is 11.7 Å². The summed E-state index contributed by atoms with van der Waals surface area (Å²) in [6.45, 7) is 3.18. The van der Waals surface area contributed by atoms with Gasteiger partial charge in [0, 0.05) is 24.7 Å². The molecule has 0 amide bonds. The maximum absolute atomic E-state index is 13.0. The normalized spacial score (nSPS) is 19.2. The third-order valence-corrected chi connectivity index (χ3v) is 3.26. The lowest BCUT2D eigenvalue weighted by atomic mass is 9.96. The molecule has 1 aromatic carbocycles. The standard InChI is InChI=1S/C12H15F3N2O/c1-2-17-6-8(7-18-16)11-9(12(13,14)15)4-3-5-10(11)17/h3-5,8H,2,6-7,16H2,1H3. The van der Waals surface area contributed by atoms with E-state index in [0.717, 1.165) is 6.07 Å². The molecule has 1 aliphatic rings. The molecule has 1 atom stereocenters. The molecule has 1 aromatic rings. The van der Waals surface area contributed by atoms with Gasteiger partial charge in [0.15, 0.2) is 0 Å². The fourth-order valence-electron chi connectivity index (χ4n) is 2.51. The molecule has 0 fully saturated rings. The summed E-state index contributed by atoms with van der Waals surface area (Å²) >= 11 is 0. The van der Waals surface area contributed by atoms with Gasteiger partial charge in [0.25, 0.3) is 0 Å². The van der Waals surface area contributed by atoms with E-state index in [9.17, 15) is 13.2 Å². The highest BCUT2D eigenvalue weighted by Gasteiger charge is 2.40. The molecular formula is C12H15F3N2O. The molecule has 0 aliphatic carbocycles. The first-order chi connectivity index (χ1) is 8.49. The third kappa shape index (κ3) is 2.18. The number of rotatable bonds is 3. The zero-order valence-electron chi connectivity index (χ0n) is 10.00. The molecule has 0 saturated heterocycles. The summed E-state index contributed by atoms with van der Waals surface area (Å²) in [4.78, 5) is 6.46. The number of likely N-dealkylation sites (N-methyl/N-ethyl adjacent to an activating group) is 1. The first-order valence-electron chi connectivity index (χ1n) is 5.75. The van der Waals surface area contributed by atoms with Gasteiger partial charge in [-0.3, -0.25) is 0 Å². The second-order valence-electron chi connectivity index (χ2n) is 4.31. The number of anilines is 1. The predicted molar refractivity (Wildman–Crippen MR) is 62.2 cm³/mol. The van der Waals surface area contributed by atoms with Gasteiger partial charge in [-0.25, -0.2) is 5.90 Å². The number of fused-ring (bicyclic) bond motifs is 1. The number of halogens is 3. The molecule has 6 heteroatoms. The molecule has 0 aromatic heterocycles. The Kier molecular flexibility index (Phi) is 3.49. The lowest BCUT2D eigenvalue weighted by Gasteiger charge is -2.17. The van der Waals surface area contributed by atoms with Crippen LogP contribution in [0.3, 0.4) is 0 Å². The van der Waals surface area contributed by atoms with Crippen molar-refractivity contribution in [3.8, 4) is 0 Å². The van der Waals surface area contributed by atoms with E-state index >= 15 is 0 Å². The first kappa shape index (κ1) is 13.2. The SMILES string of the molecule is CCN1CC(CON)c2c1cccc2C(F)(F)F. The van der Waals surface area contributed by atoms with Gasteiger partial charge in [0.05, 0.1) is 12.2 Å². The van der Waals surface area contributed by atoms with Crippen LogP contribution in [0.15, 0.2) is 18.2 Å². The van der Waals surface area contributed by atoms with E-state index in [0.29, 0.717) is 24.3 Å². The van der Waals surface area contributed by atoms with E-state index in [1.165, 1.54) is 6.07 Å². The minimum Gasteiger partial charge on any atom is -0.371 e. The van der Waals surface area contributed by atoms with Crippen LogP contribution in [-0.2, 0) is 11.0 Å². The van der Waals surface area contributed by atoms with Gasteiger partial charge in [0.1, 0.15) is 0 Å². The molecule has 1 heterocycles. The van der Waals surface area contributed by atoms with Gasteiger partial charge in [0.2, 0.25) is 0 Å². The summed E-state index contributed by atoms with van der Waals surface area (Å²) in [5.74, 6) is 4.68. The Morgan fingerprint density at radius 1 is 1.44 bits per heavy atom. The summed E-state index contributed by atoms with van der Waals surface area (Å²) < 4.78 is 39.0. The van der Waals surface area contributed by atoms with Crippen molar-refractivity contribution in [2.24, 2.45) is 5.90 Å². The average molecular weight is 260 g/mol. The molecule has 0 radical (unpaired) electrons. The Bertz CT molecular complexity index is 434. The molecule has 3 nitrogen and oxygen atoms in total. The van der Waals surface area contributed by atoms with Crippen LogP contribution < -0.4 is 10.8 Å². The van der Waals surface area contributed by atoms with Gasteiger partial charge >= 0.3 is 6.18 Å². The molecule has 2 rings (SSSR count). The molecule has 0 saturated carbocycles. The molecule has 18 heavy (non-hydrogen) atoms. The summed E-state index contributed by atoms with van der Waals surface area (Å²) in [5, 5.41) is 0. The Hall–Kier alpha value is -1.27. The highest BCUT2D eigenvalue weighted by molar-refractivity contribution is 5.63. The van der Waals surface area contributed by atoms with Gasteiger partial charge in [-0.1, -0.05) is 6.07 Å². The van der Waals surface area contributed by atoms with E-state index in [4.69, 9.17) is 5.90 Å². The maximum atomic E-state index is 13.0. The van der Waals surface area contributed by atoms with Crippen molar-refractivity contribution in [3.63, 3.8) is 0 Å². The highest BCUT2D eigenvalue weighted by Crippen LogP contribution is 2.44. The predicted octanol–water partition coefficient (Wildman–Crippen LogP) is 2.52. The molecule has 1 aliphatic heterocycles. The Morgan fingerprint density at radius 2 is 2.17 bits per heavy atom. The van der Waals surface area contributed by atoms with Crippen LogP contribution in [0.25, 0.3) is 0 Å². The number of benzene rings is 1. The van der Waals surface area contributed by atoms with Gasteiger partial charge in [-0.05, 0) is 24.6 Å². The molecule has 1 unspecified atom stereocenters. The van der Waals surface area contributed by atoms with Crippen molar-refractivity contribution >= 4 is 5.69 Å². The van der Waals surface area contributed by atoms with E-state index in [-0.39, 0.29) is 12.5 Å². The van der Waals surface area contributed by atoms with E-state index in [1.807, 2.05) is 11.8 Å².